The number of nitrogens with zero attached hydrogens (tertiary/aromatic N) is 3. The third kappa shape index (κ3) is 6.69. The normalized spacial score (nSPS) is 16.6. The lowest BCUT2D eigenvalue weighted by Crippen LogP contribution is -2.37. The van der Waals surface area contributed by atoms with Crippen LogP contribution in [0.1, 0.15) is 50.3 Å². The molecule has 0 amide bonds. The highest BCUT2D eigenvalue weighted by Crippen LogP contribution is 2.33. The topological polar surface area (TPSA) is 59.8 Å². The van der Waals surface area contributed by atoms with Crippen LogP contribution in [0.3, 0.4) is 0 Å². The Balaban J connectivity index is 1.68. The highest BCUT2D eigenvalue weighted by molar-refractivity contribution is 5.43. The molecule has 0 spiro atoms. The Morgan fingerprint density at radius 1 is 1.22 bits per heavy atom. The molecular formula is C28H35F2N3O3. The number of para-hydroxylation sites is 1. The van der Waals surface area contributed by atoms with Crippen LogP contribution in [0.25, 0.3) is 5.69 Å². The SMILES string of the molecule is CCCCC(O)CN(Cc1c(C)nn(-c2ccccc2)c1Oc1ccc(F)cc1F)CC1CCCO1. The van der Waals surface area contributed by atoms with Crippen LogP contribution in [-0.4, -0.2) is 51.7 Å². The van der Waals surface area contributed by atoms with Crippen LogP contribution in [0.15, 0.2) is 48.5 Å². The van der Waals surface area contributed by atoms with Crippen LogP contribution in [0.2, 0.25) is 0 Å². The maximum absolute atomic E-state index is 14.6. The van der Waals surface area contributed by atoms with Gasteiger partial charge in [0.25, 0.3) is 0 Å². The van der Waals surface area contributed by atoms with Gasteiger partial charge in [0.2, 0.25) is 5.88 Å². The maximum Gasteiger partial charge on any atom is 0.227 e. The molecule has 6 nitrogen and oxygen atoms in total. The van der Waals surface area contributed by atoms with Crippen LogP contribution >= 0.6 is 0 Å². The number of benzene rings is 2. The molecule has 194 valence electrons. The quantitative estimate of drug-likeness (QED) is 0.342. The second-order valence-electron chi connectivity index (χ2n) is 9.42. The van der Waals surface area contributed by atoms with Crippen molar-refractivity contribution < 1.29 is 23.4 Å². The fourth-order valence-electron chi connectivity index (χ4n) is 4.56. The Kier molecular flexibility index (Phi) is 9.07. The van der Waals surface area contributed by atoms with Crippen molar-refractivity contribution in [3.8, 4) is 17.3 Å². The number of halogens is 2. The molecule has 0 aliphatic carbocycles. The van der Waals surface area contributed by atoms with E-state index in [9.17, 15) is 13.9 Å². The number of unbranched alkanes of at least 4 members (excludes halogenated alkanes) is 1. The van der Waals surface area contributed by atoms with E-state index in [1.165, 1.54) is 12.1 Å². The number of hydrogen-bond donors (Lipinski definition) is 1. The Bertz CT molecular complexity index is 1120. The van der Waals surface area contributed by atoms with Crippen LogP contribution in [0, 0.1) is 18.6 Å². The fraction of sp³-hybridized carbons (Fsp3) is 0.464. The molecular weight excluding hydrogens is 464 g/mol. The number of rotatable bonds is 12. The van der Waals surface area contributed by atoms with E-state index in [4.69, 9.17) is 14.6 Å². The molecule has 1 aliphatic rings. The first kappa shape index (κ1) is 26.3. The van der Waals surface area contributed by atoms with Crippen molar-refractivity contribution in [2.45, 2.75) is 64.7 Å². The molecule has 2 atom stereocenters. The third-order valence-electron chi connectivity index (χ3n) is 6.47. The molecule has 1 fully saturated rings. The van der Waals surface area contributed by atoms with E-state index in [0.29, 0.717) is 25.5 Å². The van der Waals surface area contributed by atoms with E-state index in [0.717, 1.165) is 61.7 Å². The smallest absolute Gasteiger partial charge is 0.227 e. The number of ether oxygens (including phenoxy) is 2. The summed E-state index contributed by atoms with van der Waals surface area (Å²) in [6.07, 6.45) is 4.35. The summed E-state index contributed by atoms with van der Waals surface area (Å²) in [5.74, 6) is -1.17. The van der Waals surface area contributed by atoms with Gasteiger partial charge in [-0.25, -0.2) is 13.5 Å². The summed E-state index contributed by atoms with van der Waals surface area (Å²) in [5, 5.41) is 15.4. The highest BCUT2D eigenvalue weighted by Gasteiger charge is 2.26. The molecule has 0 saturated carbocycles. The molecule has 0 radical (unpaired) electrons. The molecule has 36 heavy (non-hydrogen) atoms. The molecule has 1 aromatic heterocycles. The summed E-state index contributed by atoms with van der Waals surface area (Å²) >= 11 is 0. The van der Waals surface area contributed by atoms with Crippen molar-refractivity contribution in [3.05, 3.63) is 71.4 Å². The fourth-order valence-corrected chi connectivity index (χ4v) is 4.56. The van der Waals surface area contributed by atoms with E-state index in [2.05, 4.69) is 11.8 Å². The van der Waals surface area contributed by atoms with Crippen molar-refractivity contribution in [2.75, 3.05) is 19.7 Å². The number of hydrogen-bond acceptors (Lipinski definition) is 5. The van der Waals surface area contributed by atoms with E-state index in [1.807, 2.05) is 37.3 Å². The van der Waals surface area contributed by atoms with E-state index in [-0.39, 0.29) is 11.9 Å². The summed E-state index contributed by atoms with van der Waals surface area (Å²) in [6.45, 7) is 6.35. The van der Waals surface area contributed by atoms with Gasteiger partial charge in [0.05, 0.1) is 29.2 Å². The summed E-state index contributed by atoms with van der Waals surface area (Å²) < 4.78 is 41.7. The van der Waals surface area contributed by atoms with E-state index >= 15 is 0 Å². The lowest BCUT2D eigenvalue weighted by molar-refractivity contribution is 0.0434. The zero-order valence-corrected chi connectivity index (χ0v) is 21.0. The molecule has 2 unspecified atom stereocenters. The minimum atomic E-state index is -0.786. The van der Waals surface area contributed by atoms with Gasteiger partial charge in [-0.05, 0) is 50.5 Å². The number of aryl methyl sites for hydroxylation is 1. The monoisotopic (exact) mass is 499 g/mol. The first-order chi connectivity index (χ1) is 17.4. The molecule has 8 heteroatoms. The van der Waals surface area contributed by atoms with Gasteiger partial charge >= 0.3 is 0 Å². The summed E-state index contributed by atoms with van der Waals surface area (Å²) in [4.78, 5) is 2.17. The van der Waals surface area contributed by atoms with Crippen LogP contribution in [-0.2, 0) is 11.3 Å². The van der Waals surface area contributed by atoms with E-state index < -0.39 is 17.7 Å². The Morgan fingerprint density at radius 2 is 2.03 bits per heavy atom. The Labute approximate surface area is 211 Å². The first-order valence-electron chi connectivity index (χ1n) is 12.7. The standard InChI is InChI=1S/C28H35F2N3O3/c1-3-4-11-23(34)17-32(18-24-12-8-15-35-24)19-25-20(2)31-33(22-9-6-5-7-10-22)28(25)36-27-14-13-21(29)16-26(27)30/h5-7,9-10,13-14,16,23-24,34H,3-4,8,11-12,15,17-19H2,1-2H3. The molecule has 0 bridgehead atoms. The predicted octanol–water partition coefficient (Wildman–Crippen LogP) is 5.78. The molecule has 2 aromatic carbocycles. The lowest BCUT2D eigenvalue weighted by Gasteiger charge is -2.27. The van der Waals surface area contributed by atoms with Crippen molar-refractivity contribution in [1.29, 1.82) is 0 Å². The zero-order chi connectivity index (χ0) is 25.5. The molecule has 1 aliphatic heterocycles. The van der Waals surface area contributed by atoms with Crippen LogP contribution in [0.4, 0.5) is 8.78 Å². The predicted molar refractivity (Wildman–Crippen MR) is 135 cm³/mol. The lowest BCUT2D eigenvalue weighted by atomic mass is 10.1. The van der Waals surface area contributed by atoms with E-state index in [1.54, 1.807) is 4.68 Å². The van der Waals surface area contributed by atoms with Gasteiger partial charge in [-0.1, -0.05) is 38.0 Å². The molecule has 1 saturated heterocycles. The van der Waals surface area contributed by atoms with Gasteiger partial charge in [-0.2, -0.15) is 5.10 Å². The second kappa shape index (κ2) is 12.4. The van der Waals surface area contributed by atoms with Gasteiger partial charge in [-0.15, -0.1) is 0 Å². The largest absolute Gasteiger partial charge is 0.435 e. The van der Waals surface area contributed by atoms with Crippen LogP contribution < -0.4 is 4.74 Å². The summed E-state index contributed by atoms with van der Waals surface area (Å²) in [7, 11) is 0. The van der Waals surface area contributed by atoms with Crippen molar-refractivity contribution in [3.63, 3.8) is 0 Å². The minimum absolute atomic E-state index is 0.0802. The second-order valence-corrected chi connectivity index (χ2v) is 9.42. The molecule has 4 rings (SSSR count). The molecule has 1 N–H and O–H groups in total. The maximum atomic E-state index is 14.6. The number of aliphatic hydroxyl groups is 1. The Hall–Kier alpha value is -2.81. The minimum Gasteiger partial charge on any atom is -0.435 e. The van der Waals surface area contributed by atoms with Gasteiger partial charge in [-0.3, -0.25) is 4.90 Å². The average Bonchev–Trinajstić information content (AvgIpc) is 3.48. The van der Waals surface area contributed by atoms with Gasteiger partial charge < -0.3 is 14.6 Å². The molecule has 2 heterocycles. The third-order valence-corrected chi connectivity index (χ3v) is 6.47. The number of aromatic nitrogens is 2. The van der Waals surface area contributed by atoms with Crippen LogP contribution in [0.5, 0.6) is 11.6 Å². The Morgan fingerprint density at radius 3 is 2.72 bits per heavy atom. The van der Waals surface area contributed by atoms with Crippen molar-refractivity contribution in [2.24, 2.45) is 0 Å². The van der Waals surface area contributed by atoms with Crippen molar-refractivity contribution >= 4 is 0 Å². The van der Waals surface area contributed by atoms with Crippen molar-refractivity contribution in [1.82, 2.24) is 14.7 Å². The highest BCUT2D eigenvalue weighted by atomic mass is 19.1. The zero-order valence-electron chi connectivity index (χ0n) is 21.0. The average molecular weight is 500 g/mol. The first-order valence-corrected chi connectivity index (χ1v) is 12.7. The van der Waals surface area contributed by atoms with Gasteiger partial charge in [0.1, 0.15) is 5.82 Å². The molecule has 3 aromatic rings. The summed E-state index contributed by atoms with van der Waals surface area (Å²) in [6, 6.07) is 12.7. The van der Waals surface area contributed by atoms with Gasteiger partial charge in [0, 0.05) is 32.3 Å². The number of aliphatic hydroxyl groups excluding tert-OH is 1. The summed E-state index contributed by atoms with van der Waals surface area (Å²) in [5.41, 5.74) is 2.28. The van der Waals surface area contributed by atoms with Gasteiger partial charge in [0.15, 0.2) is 11.6 Å².